The topological polar surface area (TPSA) is 939 Å². The van der Waals surface area contributed by atoms with E-state index in [1.54, 1.807) is 0 Å². The van der Waals surface area contributed by atoms with Crippen molar-refractivity contribution in [2.75, 3.05) is 79.3 Å². The maximum atomic E-state index is 13.3. The number of amides is 3. The summed E-state index contributed by atoms with van der Waals surface area (Å²) in [6, 6.07) is -5.72. The first-order chi connectivity index (χ1) is 62.0. The van der Waals surface area contributed by atoms with Gasteiger partial charge in [-0.25, -0.2) is 0 Å². The maximum absolute atomic E-state index is 13.3. The van der Waals surface area contributed by atoms with E-state index in [1.807, 2.05) is 0 Å². The molecule has 10 saturated heterocycles. The van der Waals surface area contributed by atoms with Crippen molar-refractivity contribution < 1.29 is 278 Å². The first kappa shape index (κ1) is 109. The molecule has 0 unspecified atom stereocenters. The Morgan fingerprint density at radius 1 is 0.244 bits per heavy atom. The first-order valence-corrected chi connectivity index (χ1v) is 41.6. The highest BCUT2D eigenvalue weighted by Crippen LogP contribution is 2.41. The fraction of sp³-hybridized carbons (Fsp3) is 0.958. The second-order valence-electron chi connectivity index (χ2n) is 32.9. The van der Waals surface area contributed by atoms with Crippen molar-refractivity contribution in [2.45, 2.75) is 352 Å². The van der Waals surface area contributed by atoms with Crippen LogP contribution in [-0.2, 0) is 109 Å². The first-order valence-electron chi connectivity index (χ1n) is 41.6. The zero-order chi connectivity index (χ0) is 96.7. The van der Waals surface area contributed by atoms with Crippen LogP contribution in [0.5, 0.6) is 0 Å². The highest BCUT2D eigenvalue weighted by Gasteiger charge is 2.62. The lowest BCUT2D eigenvalue weighted by atomic mass is 9.94. The Bertz CT molecular complexity index is 3460. The molecule has 54 atom stereocenters. The average molecular weight is 1930 g/mol. The summed E-state index contributed by atoms with van der Waals surface area (Å²) in [5, 5.41) is 371. The van der Waals surface area contributed by atoms with Gasteiger partial charge >= 0.3 is 0 Å². The van der Waals surface area contributed by atoms with Crippen molar-refractivity contribution in [1.82, 2.24) is 16.0 Å². The third kappa shape index (κ3) is 24.7. The molecule has 0 bridgehead atoms. The monoisotopic (exact) mass is 1930 g/mol. The van der Waals surface area contributed by atoms with Crippen LogP contribution in [0.4, 0.5) is 0 Å². The lowest BCUT2D eigenvalue weighted by molar-refractivity contribution is -0.391. The number of rotatable bonds is 38. The minimum Gasteiger partial charge on any atom is -0.394 e. The zero-order valence-corrected chi connectivity index (χ0v) is 69.8. The standard InChI is InChI=1S/C72H123N3O56/c1-16(85)73-31-42(98)57(126-66-49(105)45(101)35(91)21(6-78)115-66)25(10-82)119-63(31)112-13-28-41(97)62(53(109)70(122-28)125-56(20(89)5-77)34(90)19(88)4-76)131-72-55(111)61(130-69-52(108)48(104)38(94)24(9-81)118-69)40(96)30(124-72)15-114-65-33(75-18(3)87)44(100)59(27(12-84)121-65)128-71-54(110)60(129-68-51(107)47(103)37(93)23(8-80)117-68)39(95)29(123-71)14-113-64-32(74-17(2)86)43(99)58(26(11-83)120-64)127-67-50(106)46(102)36(92)22(7-79)116-67/h19-72,76-84,88-111H,4-15H2,1-3H3,(H,73,85)(H,74,86)(H,75,87)/t19-,20+,21+,22+,23+,24+,25+,26+,27+,28+,29+,30+,31+,32+,33+,34+,35-,36-,37-,38-,39-,40-,41-,42+,43+,44+,45-,46-,47-,48-,49+,50+,51+,52+,53+,54+,55+,56+,57+,58+,59+,60-,61-,62-,63+,64+,65+,66-,67-,68-,69-,70-,71-,72-/m0/s1. The van der Waals surface area contributed by atoms with Crippen LogP contribution in [0.25, 0.3) is 0 Å². The van der Waals surface area contributed by atoms with Crippen LogP contribution in [0.2, 0.25) is 0 Å². The molecule has 36 N–H and O–H groups in total. The van der Waals surface area contributed by atoms with Crippen molar-refractivity contribution in [3.8, 4) is 0 Å². The second-order valence-corrected chi connectivity index (χ2v) is 32.9. The molecule has 0 aliphatic carbocycles. The Labute approximate surface area is 740 Å². The van der Waals surface area contributed by atoms with Crippen LogP contribution in [0.3, 0.4) is 0 Å². The smallest absolute Gasteiger partial charge is 0.217 e. The summed E-state index contributed by atoms with van der Waals surface area (Å²) in [6.07, 6.45) is -110. The molecule has 10 aliphatic heterocycles. The van der Waals surface area contributed by atoms with E-state index in [9.17, 15) is 183 Å². The lowest BCUT2D eigenvalue weighted by Crippen LogP contribution is -2.69. The van der Waals surface area contributed by atoms with Gasteiger partial charge in [0.05, 0.1) is 79.3 Å². The summed E-state index contributed by atoms with van der Waals surface area (Å²) in [4.78, 5) is 38.9. The highest BCUT2D eigenvalue weighted by molar-refractivity contribution is 5.74. The highest BCUT2D eigenvalue weighted by atomic mass is 16.8. The molecule has 59 nitrogen and oxygen atoms in total. The molecule has 0 aromatic carbocycles. The molecular formula is C72H123N3O56. The number of ether oxygens (including phenoxy) is 20. The molecule has 10 heterocycles. The molecule has 10 fully saturated rings. The number of aliphatic hydroxyl groups is 33. The lowest BCUT2D eigenvalue weighted by Gasteiger charge is -2.50. The minimum absolute atomic E-state index is 0.881. The molecule has 0 aromatic heterocycles. The molecular weight excluding hydrogens is 1800 g/mol. The van der Waals surface area contributed by atoms with Crippen molar-refractivity contribution in [3.63, 3.8) is 0 Å². The van der Waals surface area contributed by atoms with E-state index in [1.165, 1.54) is 0 Å². The zero-order valence-electron chi connectivity index (χ0n) is 69.8. The van der Waals surface area contributed by atoms with Crippen molar-refractivity contribution in [2.24, 2.45) is 0 Å². The van der Waals surface area contributed by atoms with Gasteiger partial charge in [0, 0.05) is 20.8 Å². The summed E-state index contributed by atoms with van der Waals surface area (Å²) in [5.41, 5.74) is 0. The number of nitrogens with one attached hydrogen (secondary N) is 3. The molecule has 0 saturated carbocycles. The Morgan fingerprint density at radius 3 is 0.695 bits per heavy atom. The number of aliphatic hydroxyl groups excluding tert-OH is 33. The van der Waals surface area contributed by atoms with Gasteiger partial charge in [-0.1, -0.05) is 0 Å². The van der Waals surface area contributed by atoms with E-state index >= 15 is 0 Å². The summed E-state index contributed by atoms with van der Waals surface area (Å²) in [5.74, 6) is -2.87. The third-order valence-corrected chi connectivity index (χ3v) is 23.8. The Hall–Kier alpha value is -3.71. The summed E-state index contributed by atoms with van der Waals surface area (Å²) in [6.45, 7) is -10.8. The minimum atomic E-state index is -2.62. The van der Waals surface area contributed by atoms with Gasteiger partial charge in [0.2, 0.25) is 17.7 Å². The fourth-order valence-corrected chi connectivity index (χ4v) is 16.4. The predicted molar refractivity (Wildman–Crippen MR) is 399 cm³/mol. The van der Waals surface area contributed by atoms with Gasteiger partial charge in [-0.15, -0.1) is 0 Å². The molecule has 10 aliphatic rings. The van der Waals surface area contributed by atoms with Crippen LogP contribution in [-0.4, -0.2) is 597 Å². The average Bonchev–Trinajstić information content (AvgIpc) is 0.771. The predicted octanol–water partition coefficient (Wildman–Crippen LogP) is -24.9. The van der Waals surface area contributed by atoms with E-state index in [4.69, 9.17) is 94.7 Å². The molecule has 0 spiro atoms. The molecule has 0 aromatic rings. The van der Waals surface area contributed by atoms with Crippen LogP contribution in [0.15, 0.2) is 0 Å². The van der Waals surface area contributed by atoms with E-state index in [-0.39, 0.29) is 0 Å². The Morgan fingerprint density at radius 2 is 0.458 bits per heavy atom. The van der Waals surface area contributed by atoms with Crippen molar-refractivity contribution in [1.29, 1.82) is 0 Å². The molecule has 3 amide bonds. The fourth-order valence-electron chi connectivity index (χ4n) is 16.4. The largest absolute Gasteiger partial charge is 0.394 e. The Balaban J connectivity index is 0.933. The quantitative estimate of drug-likeness (QED) is 0.0273. The van der Waals surface area contributed by atoms with E-state index in [2.05, 4.69) is 16.0 Å². The van der Waals surface area contributed by atoms with Gasteiger partial charge in [-0.2, -0.15) is 0 Å². The summed E-state index contributed by atoms with van der Waals surface area (Å²) in [7, 11) is 0. The Kier molecular flexibility index (Phi) is 40.4. The van der Waals surface area contributed by atoms with Gasteiger partial charge in [-0.3, -0.25) is 14.4 Å². The molecule has 0 radical (unpaired) electrons. The number of carbonyl (C=O) groups is 3. The van der Waals surface area contributed by atoms with E-state index < -0.39 is 428 Å². The molecule has 131 heavy (non-hydrogen) atoms. The van der Waals surface area contributed by atoms with Gasteiger partial charge in [0.1, 0.15) is 268 Å². The number of carbonyl (C=O) groups excluding carboxylic acids is 3. The number of hydrogen-bond donors (Lipinski definition) is 36. The SMILES string of the molecule is CC(=O)N[C@H]1[C@H](OC[C@H]2O[C@@H](O[C@H]3[C@H](O)[C@@H](NC(C)=O)[C@H](OC[C@H]4O[C@@H](O[C@H]5[C@@H](O)[C@@H](CO[C@@H]6O[C@H](CO)[C@@H](O[C@@H]7O[C@H](CO)[C@H](O)[C@H](O)[C@H]7O)[C@H](O)[C@H]6NC(C)=O)O[C@@H](O[C@@H]([C@H](O)[C@@H](O)CO)[C@H](O)CO)[C@@H]5O)[C@H](O)[C@@H](O[C@@H]5O[C@H](CO)[C@H](O)[C@H](O)[C@H]5O)[C@H]4O)O[C@@H]3CO)[C@H](O)[C@@H](O[C@@H]3O[C@H](CO)[C@H](O)[C@H](O)[C@H]3O)[C@H]2O)O[C@H](CO)[C@@H](O[C@@H]2O[C@H](CO)[C@H](O)[C@H](O)[C@H]2O)[C@@H]1O. The van der Waals surface area contributed by atoms with Crippen LogP contribution >= 0.6 is 0 Å². The third-order valence-electron chi connectivity index (χ3n) is 23.8. The van der Waals surface area contributed by atoms with Crippen LogP contribution < -0.4 is 16.0 Å². The normalized spacial score (nSPS) is 48.2. The number of hydrogen-bond acceptors (Lipinski definition) is 56. The van der Waals surface area contributed by atoms with E-state index in [0.29, 0.717) is 0 Å². The van der Waals surface area contributed by atoms with Gasteiger partial charge < -0.3 is 279 Å². The van der Waals surface area contributed by atoms with Crippen LogP contribution in [0, 0.1) is 0 Å². The summed E-state index contributed by atoms with van der Waals surface area (Å²) >= 11 is 0. The van der Waals surface area contributed by atoms with E-state index in [0.717, 1.165) is 20.8 Å². The molecule has 59 heteroatoms. The van der Waals surface area contributed by atoms with Gasteiger partial charge in [0.25, 0.3) is 0 Å². The van der Waals surface area contributed by atoms with Crippen molar-refractivity contribution >= 4 is 17.7 Å². The summed E-state index contributed by atoms with van der Waals surface area (Å²) < 4.78 is 117. The molecule has 10 rings (SSSR count). The van der Waals surface area contributed by atoms with Crippen molar-refractivity contribution in [3.05, 3.63) is 0 Å². The maximum Gasteiger partial charge on any atom is 0.217 e. The van der Waals surface area contributed by atoms with Crippen LogP contribution in [0.1, 0.15) is 20.8 Å². The second kappa shape index (κ2) is 48.4. The van der Waals surface area contributed by atoms with Gasteiger partial charge in [-0.05, 0) is 0 Å². The molecule has 762 valence electrons. The van der Waals surface area contributed by atoms with Gasteiger partial charge in [0.15, 0.2) is 62.9 Å².